The van der Waals surface area contributed by atoms with Crippen LogP contribution < -0.4 is 10.9 Å². The average Bonchev–Trinajstić information content (AvgIpc) is 2.70. The molecular weight excluding hydrogens is 364 g/mol. The SMILES string of the molecule is C[C@@H](NC(=O)N(C)[C@@H](C)c1c[nH]c(=O)c2c(F)c(F)ccc12)c1ccccc1. The van der Waals surface area contributed by atoms with Gasteiger partial charge in [-0.25, -0.2) is 13.6 Å². The molecule has 2 N–H and O–H groups in total. The number of halogens is 2. The first-order valence-electron chi connectivity index (χ1n) is 8.88. The Morgan fingerprint density at radius 3 is 2.46 bits per heavy atom. The van der Waals surface area contributed by atoms with E-state index < -0.39 is 23.2 Å². The number of hydrogen-bond acceptors (Lipinski definition) is 2. The molecule has 1 heterocycles. The Bertz CT molecular complexity index is 1070. The summed E-state index contributed by atoms with van der Waals surface area (Å²) in [5.41, 5.74) is 0.759. The maximum Gasteiger partial charge on any atom is 0.318 e. The van der Waals surface area contributed by atoms with Crippen molar-refractivity contribution >= 4 is 16.8 Å². The zero-order valence-corrected chi connectivity index (χ0v) is 15.8. The fraction of sp³-hybridized carbons (Fsp3) is 0.238. The standard InChI is InChI=1S/C21H21F2N3O2/c1-12(14-7-5-4-6-8-14)25-21(28)26(3)13(2)16-11-24-20(27)18-15(16)9-10-17(22)19(18)23/h4-13H,1-3H3,(H,24,27)(H,25,28)/t12-,13+/m1/s1. The highest BCUT2D eigenvalue weighted by Crippen LogP contribution is 2.27. The molecule has 0 bridgehead atoms. The zero-order valence-electron chi connectivity index (χ0n) is 15.8. The molecule has 0 spiro atoms. The molecule has 7 heteroatoms. The lowest BCUT2D eigenvalue weighted by atomic mass is 10.0. The maximum absolute atomic E-state index is 14.1. The Hall–Kier alpha value is -3.22. The van der Waals surface area contributed by atoms with Gasteiger partial charge in [0.25, 0.3) is 5.56 Å². The number of carbonyl (C=O) groups excluding carboxylic acids is 1. The second-order valence-electron chi connectivity index (χ2n) is 6.73. The smallest absolute Gasteiger partial charge is 0.318 e. The van der Waals surface area contributed by atoms with Gasteiger partial charge in [-0.2, -0.15) is 0 Å². The van der Waals surface area contributed by atoms with Gasteiger partial charge in [-0.3, -0.25) is 4.79 Å². The molecule has 5 nitrogen and oxygen atoms in total. The Morgan fingerprint density at radius 1 is 1.11 bits per heavy atom. The van der Waals surface area contributed by atoms with Gasteiger partial charge < -0.3 is 15.2 Å². The van der Waals surface area contributed by atoms with Crippen molar-refractivity contribution in [2.24, 2.45) is 0 Å². The van der Waals surface area contributed by atoms with E-state index in [0.29, 0.717) is 5.56 Å². The molecule has 146 valence electrons. The van der Waals surface area contributed by atoms with E-state index in [1.165, 1.54) is 17.2 Å². The monoisotopic (exact) mass is 385 g/mol. The van der Waals surface area contributed by atoms with Crippen molar-refractivity contribution in [3.05, 3.63) is 81.8 Å². The third kappa shape index (κ3) is 3.60. The highest BCUT2D eigenvalue weighted by Gasteiger charge is 2.23. The van der Waals surface area contributed by atoms with Crippen molar-refractivity contribution in [1.29, 1.82) is 0 Å². The fourth-order valence-corrected chi connectivity index (χ4v) is 3.15. The van der Waals surface area contributed by atoms with E-state index in [0.717, 1.165) is 11.6 Å². The van der Waals surface area contributed by atoms with Gasteiger partial charge in [-0.05, 0) is 36.4 Å². The number of aromatic amines is 1. The number of amides is 2. The van der Waals surface area contributed by atoms with Crippen molar-refractivity contribution in [2.45, 2.75) is 25.9 Å². The number of pyridine rings is 1. The van der Waals surface area contributed by atoms with E-state index in [-0.39, 0.29) is 22.8 Å². The van der Waals surface area contributed by atoms with Gasteiger partial charge in [-0.1, -0.05) is 36.4 Å². The predicted octanol–water partition coefficient (Wildman–Crippen LogP) is 4.27. The molecular formula is C21H21F2N3O2. The highest BCUT2D eigenvalue weighted by atomic mass is 19.2. The lowest BCUT2D eigenvalue weighted by Gasteiger charge is -2.28. The first-order valence-corrected chi connectivity index (χ1v) is 8.88. The lowest BCUT2D eigenvalue weighted by molar-refractivity contribution is 0.191. The van der Waals surface area contributed by atoms with Crippen LogP contribution in [0.5, 0.6) is 0 Å². The van der Waals surface area contributed by atoms with Gasteiger partial charge in [-0.15, -0.1) is 0 Å². The number of carbonyl (C=O) groups is 1. The number of fused-ring (bicyclic) bond motifs is 1. The van der Waals surface area contributed by atoms with E-state index in [1.54, 1.807) is 14.0 Å². The highest BCUT2D eigenvalue weighted by molar-refractivity contribution is 5.86. The molecule has 0 aliphatic carbocycles. The summed E-state index contributed by atoms with van der Waals surface area (Å²) < 4.78 is 27.7. The zero-order chi connectivity index (χ0) is 20.4. The molecule has 0 fully saturated rings. The number of aromatic nitrogens is 1. The van der Waals surface area contributed by atoms with Crippen LogP contribution in [0.1, 0.15) is 37.1 Å². The Labute approximate surface area is 161 Å². The van der Waals surface area contributed by atoms with Crippen LogP contribution in [0.3, 0.4) is 0 Å². The Kier molecular flexibility index (Phi) is 5.44. The minimum Gasteiger partial charge on any atom is -0.331 e. The summed E-state index contributed by atoms with van der Waals surface area (Å²) in [6.07, 6.45) is 1.43. The predicted molar refractivity (Wildman–Crippen MR) is 104 cm³/mol. The molecule has 0 unspecified atom stereocenters. The van der Waals surface area contributed by atoms with Crippen LogP contribution >= 0.6 is 0 Å². The molecule has 28 heavy (non-hydrogen) atoms. The molecule has 2 aromatic carbocycles. The van der Waals surface area contributed by atoms with Gasteiger partial charge in [0, 0.05) is 13.2 Å². The summed E-state index contributed by atoms with van der Waals surface area (Å²) >= 11 is 0. The molecule has 0 aliphatic rings. The summed E-state index contributed by atoms with van der Waals surface area (Å²) in [5.74, 6) is -2.29. The second kappa shape index (κ2) is 7.80. The minimum absolute atomic E-state index is 0.206. The normalized spacial score (nSPS) is 13.2. The van der Waals surface area contributed by atoms with E-state index in [4.69, 9.17) is 0 Å². The summed E-state index contributed by atoms with van der Waals surface area (Å²) in [6, 6.07) is 10.8. The largest absolute Gasteiger partial charge is 0.331 e. The van der Waals surface area contributed by atoms with Crippen LogP contribution in [-0.4, -0.2) is 23.0 Å². The van der Waals surface area contributed by atoms with Crippen LogP contribution in [0.25, 0.3) is 10.8 Å². The molecule has 0 radical (unpaired) electrons. The van der Waals surface area contributed by atoms with Gasteiger partial charge in [0.2, 0.25) is 0 Å². The van der Waals surface area contributed by atoms with Crippen molar-refractivity contribution in [2.75, 3.05) is 7.05 Å². The number of hydrogen-bond donors (Lipinski definition) is 2. The number of nitrogens with one attached hydrogen (secondary N) is 2. The van der Waals surface area contributed by atoms with E-state index >= 15 is 0 Å². The quantitative estimate of drug-likeness (QED) is 0.704. The van der Waals surface area contributed by atoms with Crippen LogP contribution in [-0.2, 0) is 0 Å². The molecule has 3 aromatic rings. The number of urea groups is 1. The molecule has 2 amide bonds. The number of benzene rings is 2. The summed E-state index contributed by atoms with van der Waals surface area (Å²) in [5, 5.41) is 2.83. The number of nitrogens with zero attached hydrogens (tertiary/aromatic N) is 1. The fourth-order valence-electron chi connectivity index (χ4n) is 3.15. The topological polar surface area (TPSA) is 65.2 Å². The molecule has 2 atom stereocenters. The molecule has 0 aliphatic heterocycles. The van der Waals surface area contributed by atoms with E-state index in [2.05, 4.69) is 10.3 Å². The average molecular weight is 385 g/mol. The van der Waals surface area contributed by atoms with Gasteiger partial charge >= 0.3 is 6.03 Å². The lowest BCUT2D eigenvalue weighted by Crippen LogP contribution is -2.40. The van der Waals surface area contributed by atoms with Crippen LogP contribution in [0.15, 0.2) is 53.5 Å². The number of rotatable bonds is 4. The molecule has 1 aromatic heterocycles. The van der Waals surface area contributed by atoms with Gasteiger partial charge in [0.05, 0.1) is 17.5 Å². The van der Waals surface area contributed by atoms with E-state index in [1.807, 2.05) is 37.3 Å². The van der Waals surface area contributed by atoms with Crippen LogP contribution in [0.4, 0.5) is 13.6 Å². The van der Waals surface area contributed by atoms with Crippen molar-refractivity contribution in [3.63, 3.8) is 0 Å². The van der Waals surface area contributed by atoms with Crippen molar-refractivity contribution in [3.8, 4) is 0 Å². The minimum atomic E-state index is -1.20. The van der Waals surface area contributed by atoms with Gasteiger partial charge in [0.1, 0.15) is 0 Å². The summed E-state index contributed by atoms with van der Waals surface area (Å²) in [4.78, 5) is 28.5. The molecule has 0 saturated heterocycles. The molecule has 3 rings (SSSR count). The second-order valence-corrected chi connectivity index (χ2v) is 6.73. The summed E-state index contributed by atoms with van der Waals surface area (Å²) in [6.45, 7) is 3.63. The Morgan fingerprint density at radius 2 is 1.79 bits per heavy atom. The van der Waals surface area contributed by atoms with Crippen LogP contribution in [0.2, 0.25) is 0 Å². The third-order valence-corrected chi connectivity index (χ3v) is 4.98. The number of H-pyrrole nitrogens is 1. The first-order chi connectivity index (χ1) is 13.3. The Balaban J connectivity index is 1.88. The third-order valence-electron chi connectivity index (χ3n) is 4.98. The summed E-state index contributed by atoms with van der Waals surface area (Å²) in [7, 11) is 1.61. The van der Waals surface area contributed by atoms with Crippen LogP contribution in [0, 0.1) is 11.6 Å². The first kappa shape index (κ1) is 19.5. The van der Waals surface area contributed by atoms with Crippen molar-refractivity contribution < 1.29 is 13.6 Å². The van der Waals surface area contributed by atoms with E-state index in [9.17, 15) is 18.4 Å². The molecule has 0 saturated carbocycles. The van der Waals surface area contributed by atoms with Crippen molar-refractivity contribution in [1.82, 2.24) is 15.2 Å². The maximum atomic E-state index is 14.1. The van der Waals surface area contributed by atoms with Gasteiger partial charge in [0.15, 0.2) is 11.6 Å².